The summed E-state index contributed by atoms with van der Waals surface area (Å²) in [6.07, 6.45) is 11.8. The van der Waals surface area contributed by atoms with Crippen LogP contribution < -0.4 is 4.57 Å². The van der Waals surface area contributed by atoms with E-state index in [1.165, 1.54) is 0 Å². The third kappa shape index (κ3) is 6.09. The van der Waals surface area contributed by atoms with Crippen LogP contribution in [0.15, 0.2) is 91.3 Å². The van der Waals surface area contributed by atoms with Gasteiger partial charge in [-0.1, -0.05) is 87.8 Å². The van der Waals surface area contributed by atoms with Crippen molar-refractivity contribution in [3.05, 3.63) is 144 Å². The van der Waals surface area contributed by atoms with Crippen LogP contribution in [0.3, 0.4) is 0 Å². The lowest BCUT2D eigenvalue weighted by atomic mass is 10.0. The van der Waals surface area contributed by atoms with Crippen molar-refractivity contribution >= 4 is 116 Å². The molecular formula is C43H27Cl6N6+. The summed E-state index contributed by atoms with van der Waals surface area (Å²) in [6, 6.07) is 24.5. The number of nitrogens with zero attached hydrogens (tertiary/aromatic N) is 4. The van der Waals surface area contributed by atoms with E-state index < -0.39 is 0 Å². The van der Waals surface area contributed by atoms with Crippen LogP contribution in [0, 0.1) is 0 Å². The average molecular weight is 840 g/mol. The minimum atomic E-state index is 0.447. The van der Waals surface area contributed by atoms with E-state index in [1.54, 1.807) is 18.2 Å². The fourth-order valence-electron chi connectivity index (χ4n) is 7.38. The lowest BCUT2D eigenvalue weighted by Gasteiger charge is -2.11. The first-order valence-corrected chi connectivity index (χ1v) is 19.4. The lowest BCUT2D eigenvalue weighted by molar-refractivity contribution is -0.659. The quantitative estimate of drug-likeness (QED) is 0.173. The maximum atomic E-state index is 6.96. The molecule has 0 unspecified atom stereocenters. The third-order valence-electron chi connectivity index (χ3n) is 9.80. The molecule has 2 aliphatic rings. The van der Waals surface area contributed by atoms with Gasteiger partial charge in [0.2, 0.25) is 0 Å². The fraction of sp³-hybridized carbons (Fsp3) is 0.0465. The van der Waals surface area contributed by atoms with Gasteiger partial charge in [0.15, 0.2) is 0 Å². The van der Waals surface area contributed by atoms with Crippen molar-refractivity contribution in [2.24, 2.45) is 14.1 Å². The summed E-state index contributed by atoms with van der Waals surface area (Å²) in [5.74, 6) is 0.941. The Balaban J connectivity index is 1.54. The molecule has 3 aromatic carbocycles. The largest absolute Gasteiger partial charge is 0.354 e. The summed E-state index contributed by atoms with van der Waals surface area (Å²) in [7, 11) is 4.03. The second-order valence-corrected chi connectivity index (χ2v) is 15.6. The topological polar surface area (TPSA) is 66.2 Å². The number of nitrogens with one attached hydrogen (secondary N) is 2. The minimum absolute atomic E-state index is 0.447. The molecule has 0 saturated carbocycles. The Morgan fingerprint density at radius 3 is 1.13 bits per heavy atom. The highest BCUT2D eigenvalue weighted by Crippen LogP contribution is 2.45. The molecule has 0 atom stereocenters. The molecule has 55 heavy (non-hydrogen) atoms. The molecule has 7 aromatic rings. The van der Waals surface area contributed by atoms with Gasteiger partial charge in [0, 0.05) is 44.4 Å². The first-order valence-electron chi connectivity index (χ1n) is 17.1. The third-order valence-corrected chi connectivity index (χ3v) is 11.7. The molecule has 0 fully saturated rings. The summed E-state index contributed by atoms with van der Waals surface area (Å²) in [4.78, 5) is 18.0. The first kappa shape index (κ1) is 35.9. The van der Waals surface area contributed by atoms with Crippen LogP contribution in [0.2, 0.25) is 30.1 Å². The SMILES string of the molecule is Cn1cc[n+](C)c1-c1c2ccc([nH]2)c(-c2c(Cl)cccc2Cl)c2nc(c(-c3c(Cl)cccc3Cl)c3nc(c(-c4c(Cl)cccc4Cl)c4ccc1[nH]4)C=C3)C=C2. The van der Waals surface area contributed by atoms with E-state index in [9.17, 15) is 0 Å². The molecule has 2 N–H and O–H groups in total. The van der Waals surface area contributed by atoms with E-state index in [0.717, 1.165) is 33.5 Å². The van der Waals surface area contributed by atoms with Crippen molar-refractivity contribution in [1.82, 2.24) is 24.5 Å². The Morgan fingerprint density at radius 1 is 0.455 bits per heavy atom. The minimum Gasteiger partial charge on any atom is -0.354 e. The Morgan fingerprint density at radius 2 is 0.782 bits per heavy atom. The number of hydrogen-bond donors (Lipinski definition) is 2. The van der Waals surface area contributed by atoms with Gasteiger partial charge < -0.3 is 9.97 Å². The van der Waals surface area contributed by atoms with Gasteiger partial charge in [-0.05, 0) is 85.0 Å². The number of fused-ring (bicyclic) bond motifs is 8. The van der Waals surface area contributed by atoms with Crippen LogP contribution in [0.4, 0.5) is 0 Å². The summed E-state index contributed by atoms with van der Waals surface area (Å²) < 4.78 is 4.15. The lowest BCUT2D eigenvalue weighted by Crippen LogP contribution is -2.28. The number of benzene rings is 3. The second-order valence-electron chi connectivity index (χ2n) is 13.1. The standard InChI is InChI=1S/C43H26Cl6N6/c1-54-20-21-55(2)43(54)42-34-18-16-32(52-34)40(37-24(46)8-4-9-25(37)47)30-14-12-28(50-30)39(36-22(44)6-3-7-23(36)45)29-13-15-31(51-29)41(33-17-19-35(42)53-33)38-26(48)10-5-11-27(38)49/h3-21H,1-2H3,(H,50,51,52,53)/p+1. The molecule has 6 nitrogen and oxygen atoms in total. The fourth-order valence-corrected chi connectivity index (χ4v) is 9.14. The highest BCUT2D eigenvalue weighted by Gasteiger charge is 2.25. The summed E-state index contributed by atoms with van der Waals surface area (Å²) in [5, 5.41) is 2.81. The normalized spacial score (nSPS) is 12.2. The summed E-state index contributed by atoms with van der Waals surface area (Å²) >= 11 is 41.7. The van der Waals surface area contributed by atoms with Gasteiger partial charge in [0.25, 0.3) is 5.82 Å². The number of halogens is 6. The highest BCUT2D eigenvalue weighted by atomic mass is 35.5. The van der Waals surface area contributed by atoms with Gasteiger partial charge in [0.05, 0.1) is 78.0 Å². The molecule has 9 rings (SSSR count). The number of H-pyrrole nitrogens is 2. The Hall–Kier alpha value is -4.79. The van der Waals surface area contributed by atoms with Crippen LogP contribution in [0.1, 0.15) is 22.8 Å². The molecule has 6 heterocycles. The van der Waals surface area contributed by atoms with Crippen LogP contribution >= 0.6 is 69.6 Å². The second kappa shape index (κ2) is 14.1. The Labute approximate surface area is 345 Å². The van der Waals surface area contributed by atoms with Gasteiger partial charge in [-0.2, -0.15) is 0 Å². The Kier molecular flexibility index (Phi) is 9.17. The van der Waals surface area contributed by atoms with Crippen molar-refractivity contribution in [1.29, 1.82) is 0 Å². The van der Waals surface area contributed by atoms with Gasteiger partial charge >= 0.3 is 0 Å². The van der Waals surface area contributed by atoms with Gasteiger partial charge in [-0.25, -0.2) is 19.1 Å². The van der Waals surface area contributed by atoms with Crippen molar-refractivity contribution in [3.8, 4) is 44.8 Å². The van der Waals surface area contributed by atoms with Crippen LogP contribution in [-0.2, 0) is 14.1 Å². The molecule has 0 aliphatic carbocycles. The summed E-state index contributed by atoms with van der Waals surface area (Å²) in [6.45, 7) is 0. The van der Waals surface area contributed by atoms with Crippen LogP contribution in [-0.4, -0.2) is 24.5 Å². The zero-order chi connectivity index (χ0) is 38.1. The molecule has 8 bridgehead atoms. The van der Waals surface area contributed by atoms with Crippen molar-refractivity contribution < 1.29 is 4.57 Å². The molecule has 2 aliphatic heterocycles. The van der Waals surface area contributed by atoms with E-state index in [-0.39, 0.29) is 0 Å². The number of aryl methyl sites for hydroxylation is 2. The average Bonchev–Trinajstić information content (AvgIpc) is 4.01. The van der Waals surface area contributed by atoms with Gasteiger partial charge in [-0.15, -0.1) is 0 Å². The van der Waals surface area contributed by atoms with E-state index >= 15 is 0 Å². The molecule has 12 heteroatoms. The molecule has 0 amide bonds. The number of imidazole rings is 1. The van der Waals surface area contributed by atoms with E-state index in [0.29, 0.717) is 86.3 Å². The monoisotopic (exact) mass is 837 g/mol. The molecule has 4 aromatic heterocycles. The molecule has 270 valence electrons. The number of hydrogen-bond acceptors (Lipinski definition) is 2. The maximum absolute atomic E-state index is 6.96. The van der Waals surface area contributed by atoms with E-state index in [4.69, 9.17) is 79.6 Å². The first-order chi connectivity index (χ1) is 26.6. The predicted octanol–water partition coefficient (Wildman–Crippen LogP) is 13.4. The molecule has 0 spiro atoms. The number of aromatic amines is 2. The molecule has 0 saturated heterocycles. The van der Waals surface area contributed by atoms with Crippen molar-refractivity contribution in [3.63, 3.8) is 0 Å². The predicted molar refractivity (Wildman–Crippen MR) is 231 cm³/mol. The zero-order valence-electron chi connectivity index (χ0n) is 29.0. The molecular weight excluding hydrogens is 813 g/mol. The van der Waals surface area contributed by atoms with E-state index in [2.05, 4.69) is 19.1 Å². The zero-order valence-corrected chi connectivity index (χ0v) is 33.6. The van der Waals surface area contributed by atoms with Crippen LogP contribution in [0.25, 0.3) is 91.1 Å². The number of aromatic nitrogens is 6. The van der Waals surface area contributed by atoms with Crippen LogP contribution in [0.5, 0.6) is 0 Å². The van der Waals surface area contributed by atoms with Crippen molar-refractivity contribution in [2.75, 3.05) is 0 Å². The molecule has 0 radical (unpaired) electrons. The van der Waals surface area contributed by atoms with Gasteiger partial charge in [-0.3, -0.25) is 0 Å². The highest BCUT2D eigenvalue weighted by molar-refractivity contribution is 6.41. The van der Waals surface area contributed by atoms with E-state index in [1.807, 2.05) is 111 Å². The van der Waals surface area contributed by atoms with Crippen molar-refractivity contribution in [2.45, 2.75) is 0 Å². The number of rotatable bonds is 4. The summed E-state index contributed by atoms with van der Waals surface area (Å²) in [5.41, 5.74) is 10.5. The van der Waals surface area contributed by atoms with Gasteiger partial charge in [0.1, 0.15) is 18.0 Å². The smallest absolute Gasteiger partial charge is 0.292 e. The maximum Gasteiger partial charge on any atom is 0.292 e. The Bertz CT molecular complexity index is 2760.